The van der Waals surface area contributed by atoms with E-state index in [1.54, 1.807) is 0 Å². The second-order valence-corrected chi connectivity index (χ2v) is 13.2. The highest BCUT2D eigenvalue weighted by molar-refractivity contribution is 6.09. The summed E-state index contributed by atoms with van der Waals surface area (Å²) in [6.45, 7) is 0. The van der Waals surface area contributed by atoms with Gasteiger partial charge in [-0.1, -0.05) is 127 Å². The van der Waals surface area contributed by atoms with Crippen LogP contribution in [0, 0.1) is 0 Å². The minimum absolute atomic E-state index is 0.908. The Morgan fingerprint density at radius 3 is 1.84 bits per heavy atom. The zero-order chi connectivity index (χ0) is 33.7. The van der Waals surface area contributed by atoms with Gasteiger partial charge in [-0.05, 0) is 83.6 Å². The van der Waals surface area contributed by atoms with Crippen molar-refractivity contribution >= 4 is 61.6 Å². The fourth-order valence-electron chi connectivity index (χ4n) is 7.72. The Morgan fingerprint density at radius 1 is 0.431 bits per heavy atom. The molecule has 1 aliphatic rings. The van der Waals surface area contributed by atoms with Crippen molar-refractivity contribution in [3.05, 3.63) is 186 Å². The molecule has 0 radical (unpaired) electrons. The van der Waals surface area contributed by atoms with E-state index in [-0.39, 0.29) is 0 Å². The molecule has 0 fully saturated rings. The summed E-state index contributed by atoms with van der Waals surface area (Å²) in [5.74, 6) is 0. The molecule has 0 atom stereocenters. The van der Waals surface area contributed by atoms with Crippen LogP contribution in [-0.4, -0.2) is 0 Å². The zero-order valence-electron chi connectivity index (χ0n) is 27.9. The van der Waals surface area contributed by atoms with Gasteiger partial charge in [0.1, 0.15) is 22.2 Å². The normalized spacial score (nSPS) is 12.7. The van der Waals surface area contributed by atoms with Crippen molar-refractivity contribution in [2.75, 3.05) is 4.90 Å². The maximum atomic E-state index is 6.44. The van der Waals surface area contributed by atoms with Gasteiger partial charge in [-0.2, -0.15) is 0 Å². The number of hydrogen-bond donors (Lipinski definition) is 0. The van der Waals surface area contributed by atoms with Gasteiger partial charge in [0.25, 0.3) is 0 Å². The molecule has 3 heteroatoms. The first-order valence-corrected chi connectivity index (χ1v) is 17.6. The number of rotatable bonds is 6. The first kappa shape index (κ1) is 29.3. The van der Waals surface area contributed by atoms with Crippen LogP contribution >= 0.6 is 0 Å². The maximum Gasteiger partial charge on any atom is 0.143 e. The Kier molecular flexibility index (Phi) is 6.95. The summed E-state index contributed by atoms with van der Waals surface area (Å²) in [5, 5.41) is 4.68. The molecule has 0 bridgehead atoms. The molecule has 0 unspecified atom stereocenters. The molecule has 242 valence electrons. The number of hydrogen-bond acceptors (Lipinski definition) is 3. The summed E-state index contributed by atoms with van der Waals surface area (Å²) in [5.41, 5.74) is 14.0. The van der Waals surface area contributed by atoms with Crippen molar-refractivity contribution in [1.82, 2.24) is 0 Å². The van der Waals surface area contributed by atoms with E-state index in [0.29, 0.717) is 0 Å². The van der Waals surface area contributed by atoms with Gasteiger partial charge in [-0.15, -0.1) is 0 Å². The van der Waals surface area contributed by atoms with E-state index in [9.17, 15) is 0 Å². The maximum absolute atomic E-state index is 6.44. The summed E-state index contributed by atoms with van der Waals surface area (Å²) in [6.07, 6.45) is 4.27. The topological polar surface area (TPSA) is 29.5 Å². The second-order valence-electron chi connectivity index (χ2n) is 13.2. The molecule has 7 aromatic carbocycles. The zero-order valence-corrected chi connectivity index (χ0v) is 27.9. The SMILES string of the molecule is C1=c2c(oc3ccccc23)=C(c2ccc(N(c3ccc(-c4cccc5c4oc4ccccc45)cc3)c3cccc(-c4ccccc4)c3)cc2)CC1. The number of fused-ring (bicyclic) bond motifs is 6. The molecule has 0 N–H and O–H groups in total. The molecule has 0 aliphatic heterocycles. The predicted molar refractivity (Wildman–Crippen MR) is 211 cm³/mol. The fraction of sp³-hybridized carbons (Fsp3) is 0.0417. The monoisotopic (exact) mass is 655 g/mol. The third-order valence-corrected chi connectivity index (χ3v) is 10.2. The van der Waals surface area contributed by atoms with Crippen molar-refractivity contribution in [2.45, 2.75) is 12.8 Å². The second kappa shape index (κ2) is 12.1. The van der Waals surface area contributed by atoms with Crippen LogP contribution in [0.5, 0.6) is 0 Å². The van der Waals surface area contributed by atoms with Crippen LogP contribution in [0.25, 0.3) is 66.8 Å². The quantitative estimate of drug-likeness (QED) is 0.179. The summed E-state index contributed by atoms with van der Waals surface area (Å²) in [6, 6.07) is 60.2. The molecule has 2 aromatic heterocycles. The van der Waals surface area contributed by atoms with Gasteiger partial charge in [0, 0.05) is 49.6 Å². The lowest BCUT2D eigenvalue weighted by molar-refractivity contribution is 0.568. The summed E-state index contributed by atoms with van der Waals surface area (Å²) in [7, 11) is 0. The molecule has 0 amide bonds. The third kappa shape index (κ3) is 5.05. The van der Waals surface area contributed by atoms with Gasteiger partial charge in [-0.3, -0.25) is 0 Å². The lowest BCUT2D eigenvalue weighted by atomic mass is 9.96. The Bertz CT molecular complexity index is 2840. The molecule has 9 aromatic rings. The summed E-state index contributed by atoms with van der Waals surface area (Å²) >= 11 is 0. The standard InChI is InChI=1S/C48H33NO2/c1-2-11-32(12-3-1)35-13-8-14-38(31-35)49(36-27-23-33(24-28-36)39-17-9-19-43-41-15-4-6-21-45(41)50-47(39)43)37-29-25-34(26-30-37)40-18-10-20-44-42-16-5-7-22-46(42)51-48(40)44/h1-9,11-17,19-31H,10,18H2. The average Bonchev–Trinajstić information content (AvgIpc) is 3.78. The van der Waals surface area contributed by atoms with Crippen molar-refractivity contribution in [3.8, 4) is 22.3 Å². The smallest absolute Gasteiger partial charge is 0.143 e. The number of furan rings is 2. The minimum atomic E-state index is 0.908. The molecule has 0 saturated heterocycles. The average molecular weight is 656 g/mol. The van der Waals surface area contributed by atoms with Crippen molar-refractivity contribution in [3.63, 3.8) is 0 Å². The molecule has 51 heavy (non-hydrogen) atoms. The number of para-hydroxylation sites is 3. The van der Waals surface area contributed by atoms with E-state index in [2.05, 4.69) is 163 Å². The van der Waals surface area contributed by atoms with Crippen molar-refractivity contribution in [1.29, 1.82) is 0 Å². The van der Waals surface area contributed by atoms with Gasteiger partial charge in [-0.25, -0.2) is 0 Å². The first-order valence-electron chi connectivity index (χ1n) is 17.6. The van der Waals surface area contributed by atoms with Gasteiger partial charge in [0.2, 0.25) is 0 Å². The van der Waals surface area contributed by atoms with Crippen molar-refractivity contribution < 1.29 is 8.83 Å². The van der Waals surface area contributed by atoms with E-state index in [4.69, 9.17) is 8.83 Å². The summed E-state index contributed by atoms with van der Waals surface area (Å²) in [4.78, 5) is 2.34. The van der Waals surface area contributed by atoms with E-state index in [1.807, 2.05) is 18.2 Å². The lowest BCUT2D eigenvalue weighted by Crippen LogP contribution is -2.26. The first-order chi connectivity index (χ1) is 25.3. The molecule has 10 rings (SSSR count). The molecule has 0 spiro atoms. The number of nitrogens with zero attached hydrogens (tertiary/aromatic N) is 1. The Hall–Kier alpha value is -6.58. The van der Waals surface area contributed by atoms with E-state index in [1.165, 1.54) is 32.9 Å². The molecule has 2 heterocycles. The van der Waals surface area contributed by atoms with Gasteiger partial charge in [0.05, 0.1) is 0 Å². The van der Waals surface area contributed by atoms with E-state index in [0.717, 1.165) is 74.0 Å². The number of benzene rings is 7. The predicted octanol–water partition coefficient (Wildman–Crippen LogP) is 11.9. The minimum Gasteiger partial charge on any atom is -0.456 e. The molecule has 0 saturated carbocycles. The molecule has 3 nitrogen and oxygen atoms in total. The fourth-order valence-corrected chi connectivity index (χ4v) is 7.72. The highest BCUT2D eigenvalue weighted by atomic mass is 16.3. The van der Waals surface area contributed by atoms with Crippen LogP contribution in [0.15, 0.2) is 179 Å². The third-order valence-electron chi connectivity index (χ3n) is 10.2. The van der Waals surface area contributed by atoms with Gasteiger partial charge in [0.15, 0.2) is 0 Å². The van der Waals surface area contributed by atoms with Gasteiger partial charge >= 0.3 is 0 Å². The largest absolute Gasteiger partial charge is 0.456 e. The van der Waals surface area contributed by atoms with Crippen LogP contribution in [0.2, 0.25) is 0 Å². The molecular formula is C48H33NO2. The number of anilines is 3. The van der Waals surface area contributed by atoms with Gasteiger partial charge < -0.3 is 13.7 Å². The highest BCUT2D eigenvalue weighted by Crippen LogP contribution is 2.40. The molecular weight excluding hydrogens is 623 g/mol. The molecule has 1 aliphatic carbocycles. The van der Waals surface area contributed by atoms with E-state index >= 15 is 0 Å². The Morgan fingerprint density at radius 2 is 1.06 bits per heavy atom. The lowest BCUT2D eigenvalue weighted by Gasteiger charge is -2.26. The van der Waals surface area contributed by atoms with Crippen LogP contribution in [0.3, 0.4) is 0 Å². The summed E-state index contributed by atoms with van der Waals surface area (Å²) < 4.78 is 12.8. The van der Waals surface area contributed by atoms with E-state index < -0.39 is 0 Å². The van der Waals surface area contributed by atoms with Crippen LogP contribution < -0.4 is 15.5 Å². The highest BCUT2D eigenvalue weighted by Gasteiger charge is 2.18. The van der Waals surface area contributed by atoms with Crippen LogP contribution in [0.1, 0.15) is 18.4 Å². The Balaban J connectivity index is 1.08. The van der Waals surface area contributed by atoms with Crippen LogP contribution in [-0.2, 0) is 0 Å². The van der Waals surface area contributed by atoms with Crippen molar-refractivity contribution in [2.24, 2.45) is 0 Å². The Labute approximate surface area is 295 Å². The van der Waals surface area contributed by atoms with Crippen LogP contribution in [0.4, 0.5) is 17.1 Å².